The summed E-state index contributed by atoms with van der Waals surface area (Å²) in [6, 6.07) is 0. The molecule has 5 heteroatoms. The van der Waals surface area contributed by atoms with Crippen LogP contribution >= 0.6 is 0 Å². The van der Waals surface area contributed by atoms with Gasteiger partial charge in [0.15, 0.2) is 0 Å². The van der Waals surface area contributed by atoms with Crippen LogP contribution in [0.15, 0.2) is 0 Å². The minimum atomic E-state index is -0.984. The zero-order chi connectivity index (χ0) is 12.4. The maximum Gasteiger partial charge on any atom is 0.311 e. The first-order valence-corrected chi connectivity index (χ1v) is 5.41. The van der Waals surface area contributed by atoms with Crippen LogP contribution in [0, 0.1) is 5.41 Å². The number of hydrogen-bond donors (Lipinski definition) is 2. The van der Waals surface area contributed by atoms with Crippen molar-refractivity contribution in [2.75, 3.05) is 13.1 Å². The smallest absolute Gasteiger partial charge is 0.311 e. The van der Waals surface area contributed by atoms with E-state index in [1.807, 2.05) is 0 Å². The second-order valence-corrected chi connectivity index (χ2v) is 5.28. The molecule has 1 atom stereocenters. The normalized spacial score (nSPS) is 25.4. The van der Waals surface area contributed by atoms with E-state index >= 15 is 0 Å². The third kappa shape index (κ3) is 3.20. The highest BCUT2D eigenvalue weighted by Gasteiger charge is 2.44. The predicted molar refractivity (Wildman–Crippen MR) is 58.0 cm³/mol. The molecule has 1 aliphatic rings. The Morgan fingerprint density at radius 1 is 1.44 bits per heavy atom. The van der Waals surface area contributed by atoms with Crippen LogP contribution in [0.4, 0.5) is 0 Å². The summed E-state index contributed by atoms with van der Waals surface area (Å²) in [7, 11) is 0. The van der Waals surface area contributed by atoms with E-state index in [1.54, 1.807) is 20.8 Å². The van der Waals surface area contributed by atoms with E-state index in [0.29, 0.717) is 19.5 Å². The number of carboxylic acid groups (broad SMARTS) is 1. The van der Waals surface area contributed by atoms with Gasteiger partial charge in [0.1, 0.15) is 5.60 Å². The van der Waals surface area contributed by atoms with Gasteiger partial charge in [0, 0.05) is 6.54 Å². The minimum Gasteiger partial charge on any atom is -0.481 e. The Kier molecular flexibility index (Phi) is 3.57. The summed E-state index contributed by atoms with van der Waals surface area (Å²) in [5.41, 5.74) is -1.55. The van der Waals surface area contributed by atoms with Crippen LogP contribution in [0.2, 0.25) is 0 Å². The third-order valence-corrected chi connectivity index (χ3v) is 2.60. The van der Waals surface area contributed by atoms with Crippen molar-refractivity contribution in [1.82, 2.24) is 5.32 Å². The molecule has 0 radical (unpaired) electrons. The van der Waals surface area contributed by atoms with Crippen molar-refractivity contribution >= 4 is 11.9 Å². The molecule has 0 aromatic rings. The second-order valence-electron chi connectivity index (χ2n) is 5.28. The van der Waals surface area contributed by atoms with Gasteiger partial charge in [-0.3, -0.25) is 9.59 Å². The molecule has 1 heterocycles. The third-order valence-electron chi connectivity index (χ3n) is 2.60. The van der Waals surface area contributed by atoms with E-state index in [0.717, 1.165) is 0 Å². The van der Waals surface area contributed by atoms with Gasteiger partial charge < -0.3 is 15.2 Å². The van der Waals surface area contributed by atoms with E-state index in [4.69, 9.17) is 9.84 Å². The molecule has 0 unspecified atom stereocenters. The lowest BCUT2D eigenvalue weighted by molar-refractivity contribution is -0.164. The zero-order valence-corrected chi connectivity index (χ0v) is 10.0. The minimum absolute atomic E-state index is 0.0629. The summed E-state index contributed by atoms with van der Waals surface area (Å²) in [6.07, 6.45) is 0.411. The Morgan fingerprint density at radius 3 is 2.44 bits per heavy atom. The number of hydrogen-bond acceptors (Lipinski definition) is 4. The molecule has 0 saturated carbocycles. The van der Waals surface area contributed by atoms with Crippen molar-refractivity contribution in [3.8, 4) is 0 Å². The number of carbonyl (C=O) groups excluding carboxylic acids is 1. The monoisotopic (exact) mass is 229 g/mol. The summed E-state index contributed by atoms with van der Waals surface area (Å²) in [5, 5.41) is 12.1. The molecule has 0 spiro atoms. The van der Waals surface area contributed by atoms with Gasteiger partial charge in [0.25, 0.3) is 0 Å². The molecule has 0 bridgehead atoms. The average molecular weight is 229 g/mol. The largest absolute Gasteiger partial charge is 0.481 e. The summed E-state index contributed by atoms with van der Waals surface area (Å²) in [6.45, 7) is 6.28. The lowest BCUT2D eigenvalue weighted by Gasteiger charge is -2.25. The number of carboxylic acids is 1. The molecule has 0 amide bonds. The van der Waals surface area contributed by atoms with Crippen molar-refractivity contribution in [2.45, 2.75) is 39.2 Å². The number of rotatable bonds is 3. The molecule has 2 N–H and O–H groups in total. The Balaban J connectivity index is 2.63. The van der Waals surface area contributed by atoms with Crippen molar-refractivity contribution in [2.24, 2.45) is 5.41 Å². The Morgan fingerprint density at radius 2 is 2.06 bits per heavy atom. The Labute approximate surface area is 95.2 Å². The maximum absolute atomic E-state index is 11.6. The van der Waals surface area contributed by atoms with Gasteiger partial charge >= 0.3 is 11.9 Å². The fourth-order valence-corrected chi connectivity index (χ4v) is 1.81. The van der Waals surface area contributed by atoms with Gasteiger partial charge in [0.05, 0.1) is 11.8 Å². The highest BCUT2D eigenvalue weighted by Crippen LogP contribution is 2.31. The number of aliphatic carboxylic acids is 1. The van der Waals surface area contributed by atoms with Gasteiger partial charge in [-0.25, -0.2) is 0 Å². The highest BCUT2D eigenvalue weighted by atomic mass is 16.6. The van der Waals surface area contributed by atoms with Gasteiger partial charge in [-0.2, -0.15) is 0 Å². The van der Waals surface area contributed by atoms with Crippen molar-refractivity contribution < 1.29 is 19.4 Å². The lowest BCUT2D eigenvalue weighted by Crippen LogP contribution is -2.37. The number of nitrogens with one attached hydrogen (secondary N) is 1. The molecular weight excluding hydrogens is 210 g/mol. The average Bonchev–Trinajstić information content (AvgIpc) is 2.49. The molecule has 1 saturated heterocycles. The van der Waals surface area contributed by atoms with E-state index in [1.165, 1.54) is 0 Å². The van der Waals surface area contributed by atoms with Gasteiger partial charge in [-0.1, -0.05) is 0 Å². The van der Waals surface area contributed by atoms with Crippen molar-refractivity contribution in [1.29, 1.82) is 0 Å². The van der Waals surface area contributed by atoms with Crippen LogP contribution < -0.4 is 5.32 Å². The second kappa shape index (κ2) is 4.41. The Hall–Kier alpha value is -1.10. The Bertz CT molecular complexity index is 287. The molecule has 92 valence electrons. The van der Waals surface area contributed by atoms with E-state index in [2.05, 4.69) is 5.32 Å². The fraction of sp³-hybridized carbons (Fsp3) is 0.818. The van der Waals surface area contributed by atoms with Crippen LogP contribution in [0.3, 0.4) is 0 Å². The van der Waals surface area contributed by atoms with E-state index in [-0.39, 0.29) is 6.42 Å². The summed E-state index contributed by atoms with van der Waals surface area (Å²) in [4.78, 5) is 22.8. The van der Waals surface area contributed by atoms with Crippen molar-refractivity contribution in [3.05, 3.63) is 0 Å². The molecular formula is C11H19NO4. The fourth-order valence-electron chi connectivity index (χ4n) is 1.81. The molecule has 1 fully saturated rings. The van der Waals surface area contributed by atoms with Crippen LogP contribution in [0.25, 0.3) is 0 Å². The summed E-state index contributed by atoms with van der Waals surface area (Å²) < 4.78 is 5.14. The van der Waals surface area contributed by atoms with E-state index in [9.17, 15) is 9.59 Å². The van der Waals surface area contributed by atoms with Gasteiger partial charge in [0.2, 0.25) is 0 Å². The number of esters is 1. The van der Waals surface area contributed by atoms with Gasteiger partial charge in [-0.15, -0.1) is 0 Å². The zero-order valence-electron chi connectivity index (χ0n) is 10.0. The predicted octanol–water partition coefficient (Wildman–Crippen LogP) is 0.782. The molecule has 0 aliphatic carbocycles. The highest BCUT2D eigenvalue weighted by molar-refractivity contribution is 5.83. The van der Waals surface area contributed by atoms with Crippen molar-refractivity contribution in [3.63, 3.8) is 0 Å². The number of ether oxygens (including phenoxy) is 1. The molecule has 0 aromatic heterocycles. The summed E-state index contributed by atoms with van der Waals surface area (Å²) in [5.74, 6) is -1.37. The van der Waals surface area contributed by atoms with Crippen LogP contribution in [-0.2, 0) is 14.3 Å². The molecule has 0 aromatic carbocycles. The van der Waals surface area contributed by atoms with Crippen LogP contribution in [-0.4, -0.2) is 35.7 Å². The first kappa shape index (κ1) is 13.0. The molecule has 5 nitrogen and oxygen atoms in total. The lowest BCUT2D eigenvalue weighted by atomic mass is 9.84. The quantitative estimate of drug-likeness (QED) is 0.699. The molecule has 1 rings (SSSR count). The standard InChI is InChI=1S/C11H19NO4/c1-10(2,3)16-8(13)6-11(9(14)15)4-5-12-7-11/h12H,4-7H2,1-3H3,(H,14,15)/t11-/m1/s1. The summed E-state index contributed by atoms with van der Waals surface area (Å²) >= 11 is 0. The van der Waals surface area contributed by atoms with Crippen LogP contribution in [0.5, 0.6) is 0 Å². The maximum atomic E-state index is 11.6. The number of carbonyl (C=O) groups is 2. The van der Waals surface area contributed by atoms with E-state index < -0.39 is 23.0 Å². The van der Waals surface area contributed by atoms with Gasteiger partial charge in [-0.05, 0) is 33.7 Å². The molecule has 1 aliphatic heterocycles. The molecule has 16 heavy (non-hydrogen) atoms. The first-order chi connectivity index (χ1) is 7.25. The topological polar surface area (TPSA) is 75.6 Å². The first-order valence-electron chi connectivity index (χ1n) is 5.41. The van der Waals surface area contributed by atoms with Crippen LogP contribution in [0.1, 0.15) is 33.6 Å². The SMILES string of the molecule is CC(C)(C)OC(=O)C[C@]1(C(=O)O)CCNC1.